The molecular formula is C17H25N3O2. The fourth-order valence-corrected chi connectivity index (χ4v) is 3.11. The number of pyridine rings is 1. The highest BCUT2D eigenvalue weighted by atomic mass is 16.1. The Morgan fingerprint density at radius 2 is 1.95 bits per heavy atom. The second-order valence-corrected chi connectivity index (χ2v) is 6.92. The van der Waals surface area contributed by atoms with Crippen LogP contribution in [0.1, 0.15) is 66.3 Å². The van der Waals surface area contributed by atoms with Gasteiger partial charge in [0.05, 0.1) is 5.56 Å². The Balaban J connectivity index is 2.44. The molecule has 0 spiro atoms. The minimum absolute atomic E-state index is 0.101. The minimum atomic E-state index is -0.522. The molecule has 1 aliphatic heterocycles. The Morgan fingerprint density at radius 3 is 2.55 bits per heavy atom. The molecule has 5 heteroatoms. The number of ketones is 1. The summed E-state index contributed by atoms with van der Waals surface area (Å²) in [4.78, 5) is 30.1. The van der Waals surface area contributed by atoms with E-state index in [9.17, 15) is 9.59 Å². The molecule has 0 unspecified atom stereocenters. The average Bonchev–Trinajstić information content (AvgIpc) is 2.58. The zero-order valence-corrected chi connectivity index (χ0v) is 13.9. The standard InChI is InChI=1S/C17H25N3O2/c1-11-13(12(2)21)10-19-16(14(11)15(18)22)20-8-5-6-17(3,4)7-9-20/h10H,5-9H2,1-4H3,(H2,18,22). The first-order valence-corrected chi connectivity index (χ1v) is 7.78. The van der Waals surface area contributed by atoms with Crippen molar-refractivity contribution < 1.29 is 9.59 Å². The van der Waals surface area contributed by atoms with Crippen LogP contribution in [0.5, 0.6) is 0 Å². The van der Waals surface area contributed by atoms with Gasteiger partial charge in [0.15, 0.2) is 5.78 Å². The quantitative estimate of drug-likeness (QED) is 0.871. The van der Waals surface area contributed by atoms with Gasteiger partial charge in [-0.1, -0.05) is 13.8 Å². The summed E-state index contributed by atoms with van der Waals surface area (Å²) >= 11 is 0. The summed E-state index contributed by atoms with van der Waals surface area (Å²) in [5.74, 6) is -0.00430. The van der Waals surface area contributed by atoms with Crippen molar-refractivity contribution >= 4 is 17.5 Å². The van der Waals surface area contributed by atoms with Gasteiger partial charge in [0.25, 0.3) is 5.91 Å². The van der Waals surface area contributed by atoms with Gasteiger partial charge in [-0.2, -0.15) is 0 Å². The number of amides is 1. The summed E-state index contributed by atoms with van der Waals surface area (Å²) in [7, 11) is 0. The fraction of sp³-hybridized carbons (Fsp3) is 0.588. The highest BCUT2D eigenvalue weighted by Gasteiger charge is 2.27. The van der Waals surface area contributed by atoms with E-state index in [1.54, 1.807) is 13.1 Å². The molecule has 5 nitrogen and oxygen atoms in total. The lowest BCUT2D eigenvalue weighted by atomic mass is 9.85. The lowest BCUT2D eigenvalue weighted by molar-refractivity contribution is 0.1000. The van der Waals surface area contributed by atoms with E-state index < -0.39 is 5.91 Å². The van der Waals surface area contributed by atoms with Gasteiger partial charge in [-0.3, -0.25) is 9.59 Å². The molecule has 22 heavy (non-hydrogen) atoms. The normalized spacial score (nSPS) is 17.9. The highest BCUT2D eigenvalue weighted by Crippen LogP contribution is 2.33. The van der Waals surface area contributed by atoms with Gasteiger partial charge in [0.2, 0.25) is 0 Å². The molecule has 0 bridgehead atoms. The predicted octanol–water partition coefficient (Wildman–Crippen LogP) is 2.71. The van der Waals surface area contributed by atoms with Gasteiger partial charge in [0.1, 0.15) is 5.82 Å². The largest absolute Gasteiger partial charge is 0.365 e. The third-order valence-electron chi connectivity index (χ3n) is 4.58. The van der Waals surface area contributed by atoms with Crippen molar-refractivity contribution in [3.63, 3.8) is 0 Å². The van der Waals surface area contributed by atoms with E-state index in [0.717, 1.165) is 32.4 Å². The zero-order valence-electron chi connectivity index (χ0n) is 13.9. The average molecular weight is 303 g/mol. The monoisotopic (exact) mass is 303 g/mol. The molecule has 0 saturated carbocycles. The van der Waals surface area contributed by atoms with Gasteiger partial charge in [0, 0.05) is 24.8 Å². The van der Waals surface area contributed by atoms with E-state index in [2.05, 4.69) is 23.7 Å². The maximum absolute atomic E-state index is 11.9. The first-order chi connectivity index (χ1) is 10.2. The Hall–Kier alpha value is -1.91. The molecule has 0 aliphatic carbocycles. The maximum atomic E-state index is 11.9. The number of rotatable bonds is 3. The van der Waals surface area contributed by atoms with Crippen LogP contribution in [0, 0.1) is 12.3 Å². The predicted molar refractivity (Wildman–Crippen MR) is 87.3 cm³/mol. The number of nitrogens with zero attached hydrogens (tertiary/aromatic N) is 2. The van der Waals surface area contributed by atoms with Crippen LogP contribution in [-0.2, 0) is 0 Å². The number of Topliss-reactive ketones (excluding diaryl/α,β-unsaturated/α-hetero) is 1. The summed E-state index contributed by atoms with van der Waals surface area (Å²) in [6, 6.07) is 0. The first-order valence-electron chi connectivity index (χ1n) is 7.78. The Bertz CT molecular complexity index is 608. The fourth-order valence-electron chi connectivity index (χ4n) is 3.11. The lowest BCUT2D eigenvalue weighted by Crippen LogP contribution is -2.30. The van der Waals surface area contributed by atoms with Crippen molar-refractivity contribution in [2.45, 2.75) is 47.0 Å². The molecule has 0 radical (unpaired) electrons. The molecule has 1 amide bonds. The molecule has 1 aromatic rings. The molecule has 2 heterocycles. The van der Waals surface area contributed by atoms with Crippen molar-refractivity contribution in [2.24, 2.45) is 11.1 Å². The third-order valence-corrected chi connectivity index (χ3v) is 4.58. The summed E-state index contributed by atoms with van der Waals surface area (Å²) in [6.07, 6.45) is 4.82. The summed E-state index contributed by atoms with van der Waals surface area (Å²) in [6.45, 7) is 9.48. The highest BCUT2D eigenvalue weighted by molar-refractivity contribution is 6.04. The molecular weight excluding hydrogens is 278 g/mol. The number of carbonyl (C=O) groups is 2. The Kier molecular flexibility index (Phi) is 4.54. The van der Waals surface area contributed by atoms with E-state index >= 15 is 0 Å². The maximum Gasteiger partial charge on any atom is 0.252 e. The number of carbonyl (C=O) groups excluding carboxylic acids is 2. The molecule has 1 aliphatic rings. The van der Waals surface area contributed by atoms with Crippen LogP contribution >= 0.6 is 0 Å². The lowest BCUT2D eigenvalue weighted by Gasteiger charge is -2.26. The third kappa shape index (κ3) is 3.29. The summed E-state index contributed by atoms with van der Waals surface area (Å²) in [5, 5.41) is 0. The van der Waals surface area contributed by atoms with Crippen LogP contribution in [0.4, 0.5) is 5.82 Å². The molecule has 2 N–H and O–H groups in total. The van der Waals surface area contributed by atoms with E-state index in [-0.39, 0.29) is 5.78 Å². The van der Waals surface area contributed by atoms with E-state index in [1.165, 1.54) is 6.92 Å². The minimum Gasteiger partial charge on any atom is -0.365 e. The van der Waals surface area contributed by atoms with Crippen molar-refractivity contribution in [3.8, 4) is 0 Å². The van der Waals surface area contributed by atoms with Crippen LogP contribution in [0.2, 0.25) is 0 Å². The zero-order chi connectivity index (χ0) is 16.5. The van der Waals surface area contributed by atoms with Crippen LogP contribution in [-0.4, -0.2) is 29.8 Å². The summed E-state index contributed by atoms with van der Waals surface area (Å²) < 4.78 is 0. The second kappa shape index (κ2) is 6.07. The molecule has 2 rings (SSSR count). The molecule has 1 aromatic heterocycles. The van der Waals surface area contributed by atoms with Crippen LogP contribution < -0.4 is 10.6 Å². The molecule has 0 atom stereocenters. The van der Waals surface area contributed by atoms with Crippen LogP contribution in [0.25, 0.3) is 0 Å². The van der Waals surface area contributed by atoms with Crippen molar-refractivity contribution in [2.75, 3.05) is 18.0 Å². The number of anilines is 1. The van der Waals surface area contributed by atoms with Gasteiger partial charge in [-0.05, 0) is 44.1 Å². The number of primary amides is 1. The number of hydrogen-bond acceptors (Lipinski definition) is 4. The van der Waals surface area contributed by atoms with Crippen LogP contribution in [0.3, 0.4) is 0 Å². The molecule has 1 fully saturated rings. The Morgan fingerprint density at radius 1 is 1.27 bits per heavy atom. The number of hydrogen-bond donors (Lipinski definition) is 1. The van der Waals surface area contributed by atoms with Gasteiger partial charge in [-0.25, -0.2) is 4.98 Å². The summed E-state index contributed by atoms with van der Waals surface area (Å²) in [5.41, 5.74) is 7.35. The molecule has 1 saturated heterocycles. The SMILES string of the molecule is CC(=O)c1cnc(N2CCCC(C)(C)CC2)c(C(N)=O)c1C. The van der Waals surface area contributed by atoms with Gasteiger partial charge >= 0.3 is 0 Å². The molecule has 120 valence electrons. The second-order valence-electron chi connectivity index (χ2n) is 6.92. The number of nitrogens with two attached hydrogens (primary N) is 1. The van der Waals surface area contributed by atoms with Crippen molar-refractivity contribution in [1.29, 1.82) is 0 Å². The number of aromatic nitrogens is 1. The van der Waals surface area contributed by atoms with E-state index in [4.69, 9.17) is 5.73 Å². The van der Waals surface area contributed by atoms with Crippen molar-refractivity contribution in [1.82, 2.24) is 4.98 Å². The van der Waals surface area contributed by atoms with E-state index in [0.29, 0.717) is 27.9 Å². The molecule has 0 aromatic carbocycles. The topological polar surface area (TPSA) is 76.3 Å². The smallest absolute Gasteiger partial charge is 0.252 e. The van der Waals surface area contributed by atoms with Crippen molar-refractivity contribution in [3.05, 3.63) is 22.9 Å². The van der Waals surface area contributed by atoms with E-state index in [1.807, 2.05) is 0 Å². The Labute approximate surface area is 131 Å². The van der Waals surface area contributed by atoms with Gasteiger partial charge < -0.3 is 10.6 Å². The first kappa shape index (κ1) is 16.5. The van der Waals surface area contributed by atoms with Gasteiger partial charge in [-0.15, -0.1) is 0 Å². The van der Waals surface area contributed by atoms with Crippen LogP contribution in [0.15, 0.2) is 6.20 Å².